The molecule has 2 heterocycles. The molecule has 0 amide bonds. The molecule has 0 radical (unpaired) electrons. The lowest BCUT2D eigenvalue weighted by atomic mass is 10.1. The van der Waals surface area contributed by atoms with E-state index in [0.717, 1.165) is 41.2 Å². The van der Waals surface area contributed by atoms with Crippen LogP contribution < -0.4 is 19.9 Å². The van der Waals surface area contributed by atoms with Gasteiger partial charge in [-0.15, -0.1) is 0 Å². The normalized spacial score (nSPS) is 10.8. The summed E-state index contributed by atoms with van der Waals surface area (Å²) in [6.45, 7) is 1.28. The van der Waals surface area contributed by atoms with Gasteiger partial charge in [-0.1, -0.05) is 18.2 Å². The zero-order chi connectivity index (χ0) is 20.8. The van der Waals surface area contributed by atoms with Gasteiger partial charge in [-0.05, 0) is 55.3 Å². The molecule has 2 aromatic heterocycles. The zero-order valence-corrected chi connectivity index (χ0v) is 17.0. The van der Waals surface area contributed by atoms with E-state index in [9.17, 15) is 0 Å². The molecule has 0 unspecified atom stereocenters. The van der Waals surface area contributed by atoms with Gasteiger partial charge >= 0.3 is 0 Å². The number of anilines is 1. The maximum Gasteiger partial charge on any atom is 0.180 e. The summed E-state index contributed by atoms with van der Waals surface area (Å²) >= 11 is 0. The maximum absolute atomic E-state index is 6.04. The number of nitrogens with zero attached hydrogens (tertiary/aromatic N) is 2. The van der Waals surface area contributed by atoms with Gasteiger partial charge in [0.1, 0.15) is 11.5 Å². The third-order valence-corrected chi connectivity index (χ3v) is 4.78. The van der Waals surface area contributed by atoms with Crippen LogP contribution in [0.15, 0.2) is 73.1 Å². The summed E-state index contributed by atoms with van der Waals surface area (Å²) in [7, 11) is 1.60. The quantitative estimate of drug-likeness (QED) is 0.320. The smallest absolute Gasteiger partial charge is 0.180 e. The van der Waals surface area contributed by atoms with E-state index in [1.807, 2.05) is 77.5 Å². The van der Waals surface area contributed by atoms with Crippen LogP contribution in [0.25, 0.3) is 16.9 Å². The molecule has 6 heteroatoms. The Bertz CT molecular complexity index is 1110. The number of para-hydroxylation sites is 1. The fraction of sp³-hybridized carbons (Fsp3) is 0.208. The van der Waals surface area contributed by atoms with E-state index >= 15 is 0 Å². The number of ether oxygens (including phenoxy) is 3. The Labute approximate surface area is 175 Å². The van der Waals surface area contributed by atoms with Crippen LogP contribution in [-0.4, -0.2) is 29.7 Å². The Kier molecular flexibility index (Phi) is 6.03. The summed E-state index contributed by atoms with van der Waals surface area (Å²) in [5, 5.41) is 0. The molecule has 0 aliphatic carbocycles. The molecule has 0 aliphatic heterocycles. The molecular weight excluding hydrogens is 378 g/mol. The molecule has 30 heavy (non-hydrogen) atoms. The second kappa shape index (κ2) is 9.22. The molecular formula is C24H25N3O3. The number of pyridine rings is 1. The lowest BCUT2D eigenvalue weighted by molar-refractivity contribution is 0.267. The summed E-state index contributed by atoms with van der Waals surface area (Å²) < 4.78 is 18.9. The van der Waals surface area contributed by atoms with Gasteiger partial charge in [-0.3, -0.25) is 0 Å². The third kappa shape index (κ3) is 4.49. The summed E-state index contributed by atoms with van der Waals surface area (Å²) in [5.41, 5.74) is 9.17. The molecule has 4 rings (SSSR count). The molecule has 0 aliphatic rings. The van der Waals surface area contributed by atoms with Crippen molar-refractivity contribution in [1.29, 1.82) is 0 Å². The number of rotatable bonds is 9. The number of unbranched alkanes of at least 4 members (excludes halogenated alkanes) is 1. The fourth-order valence-electron chi connectivity index (χ4n) is 3.23. The number of imidazole rings is 1. The van der Waals surface area contributed by atoms with E-state index in [0.29, 0.717) is 24.7 Å². The van der Waals surface area contributed by atoms with Crippen LogP contribution in [0.4, 0.5) is 5.69 Å². The molecule has 6 nitrogen and oxygen atoms in total. The highest BCUT2D eigenvalue weighted by atomic mass is 16.5. The zero-order valence-electron chi connectivity index (χ0n) is 17.0. The molecule has 0 atom stereocenters. The number of hydrogen-bond donors (Lipinski definition) is 1. The minimum atomic E-state index is 0.584. The molecule has 4 aromatic rings. The second-order valence-electron chi connectivity index (χ2n) is 6.90. The maximum atomic E-state index is 6.04. The van der Waals surface area contributed by atoms with E-state index < -0.39 is 0 Å². The first kappa shape index (κ1) is 19.6. The third-order valence-electron chi connectivity index (χ3n) is 4.78. The summed E-state index contributed by atoms with van der Waals surface area (Å²) in [5.74, 6) is 2.31. The Morgan fingerprint density at radius 1 is 0.900 bits per heavy atom. The highest BCUT2D eigenvalue weighted by molar-refractivity contribution is 5.71. The largest absolute Gasteiger partial charge is 0.495 e. The van der Waals surface area contributed by atoms with E-state index in [2.05, 4.69) is 0 Å². The summed E-state index contributed by atoms with van der Waals surface area (Å²) in [6, 6.07) is 19.4. The molecule has 2 N–H and O–H groups in total. The molecule has 2 aromatic carbocycles. The molecule has 0 fully saturated rings. The van der Waals surface area contributed by atoms with Crippen LogP contribution in [0, 0.1) is 0 Å². The first-order valence-corrected chi connectivity index (χ1v) is 9.97. The van der Waals surface area contributed by atoms with Gasteiger partial charge in [0, 0.05) is 18.0 Å². The predicted octanol–water partition coefficient (Wildman–Crippen LogP) is 4.83. The minimum absolute atomic E-state index is 0.584. The topological polar surface area (TPSA) is 71.0 Å². The number of methoxy groups -OCH3 is 1. The second-order valence-corrected chi connectivity index (χ2v) is 6.90. The van der Waals surface area contributed by atoms with Crippen LogP contribution in [0.1, 0.15) is 12.8 Å². The van der Waals surface area contributed by atoms with Crippen LogP contribution in [-0.2, 0) is 0 Å². The minimum Gasteiger partial charge on any atom is -0.495 e. The number of nitrogens with two attached hydrogens (primary N) is 1. The number of aromatic nitrogens is 2. The van der Waals surface area contributed by atoms with Crippen molar-refractivity contribution >= 4 is 11.3 Å². The first-order valence-electron chi connectivity index (χ1n) is 9.97. The summed E-state index contributed by atoms with van der Waals surface area (Å²) in [6.07, 6.45) is 5.75. The highest BCUT2D eigenvalue weighted by Crippen LogP contribution is 2.29. The number of benzene rings is 2. The van der Waals surface area contributed by atoms with Crippen LogP contribution in [0.5, 0.6) is 17.2 Å². The standard InChI is InChI=1S/C24H25N3O3/c1-28-22-12-11-18(16-20(22)25)21-17-27-13-7-10-23(24(27)26-21)30-15-6-5-14-29-19-8-3-2-4-9-19/h2-4,7-13,16-17H,5-6,14-15,25H2,1H3. The van der Waals surface area contributed by atoms with Crippen LogP contribution in [0.2, 0.25) is 0 Å². The van der Waals surface area contributed by atoms with E-state index in [-0.39, 0.29) is 0 Å². The first-order chi connectivity index (χ1) is 14.7. The van der Waals surface area contributed by atoms with Crippen LogP contribution in [0.3, 0.4) is 0 Å². The Balaban J connectivity index is 1.37. The number of fused-ring (bicyclic) bond motifs is 1. The fourth-order valence-corrected chi connectivity index (χ4v) is 3.23. The van der Waals surface area contributed by atoms with Crippen molar-refractivity contribution in [1.82, 2.24) is 9.38 Å². The lowest BCUT2D eigenvalue weighted by Gasteiger charge is -2.08. The van der Waals surface area contributed by atoms with Crippen molar-refractivity contribution in [3.8, 4) is 28.5 Å². The average Bonchev–Trinajstić information content (AvgIpc) is 3.22. The Morgan fingerprint density at radius 3 is 2.47 bits per heavy atom. The average molecular weight is 403 g/mol. The van der Waals surface area contributed by atoms with E-state index in [1.165, 1.54) is 0 Å². The van der Waals surface area contributed by atoms with Crippen molar-refractivity contribution in [3.63, 3.8) is 0 Å². The van der Waals surface area contributed by atoms with Gasteiger partial charge in [-0.2, -0.15) is 0 Å². The van der Waals surface area contributed by atoms with E-state index in [1.54, 1.807) is 7.11 Å². The SMILES string of the molecule is COc1ccc(-c2cn3cccc(OCCCCOc4ccccc4)c3n2)cc1N. The van der Waals surface area contributed by atoms with Crippen molar-refractivity contribution in [3.05, 3.63) is 73.1 Å². The predicted molar refractivity (Wildman–Crippen MR) is 118 cm³/mol. The molecule has 0 saturated heterocycles. The van der Waals surface area contributed by atoms with Crippen LogP contribution >= 0.6 is 0 Å². The van der Waals surface area contributed by atoms with Crippen molar-refractivity contribution < 1.29 is 14.2 Å². The molecule has 0 bridgehead atoms. The monoisotopic (exact) mass is 403 g/mol. The van der Waals surface area contributed by atoms with Gasteiger partial charge < -0.3 is 24.3 Å². The molecule has 0 spiro atoms. The number of nitrogen functional groups attached to an aromatic ring is 1. The van der Waals surface area contributed by atoms with Gasteiger partial charge in [-0.25, -0.2) is 4.98 Å². The van der Waals surface area contributed by atoms with Crippen molar-refractivity contribution in [2.24, 2.45) is 0 Å². The van der Waals surface area contributed by atoms with Gasteiger partial charge in [0.05, 0.1) is 31.7 Å². The highest BCUT2D eigenvalue weighted by Gasteiger charge is 2.10. The number of hydrogen-bond acceptors (Lipinski definition) is 5. The van der Waals surface area contributed by atoms with Gasteiger partial charge in [0.25, 0.3) is 0 Å². The Morgan fingerprint density at radius 2 is 1.70 bits per heavy atom. The molecule has 154 valence electrons. The Hall–Kier alpha value is -3.67. The molecule has 0 saturated carbocycles. The van der Waals surface area contributed by atoms with Crippen molar-refractivity contribution in [2.75, 3.05) is 26.1 Å². The van der Waals surface area contributed by atoms with Gasteiger partial charge in [0.15, 0.2) is 11.4 Å². The van der Waals surface area contributed by atoms with E-state index in [4.69, 9.17) is 24.9 Å². The lowest BCUT2D eigenvalue weighted by Crippen LogP contribution is -2.03. The van der Waals surface area contributed by atoms with Crippen molar-refractivity contribution in [2.45, 2.75) is 12.8 Å². The summed E-state index contributed by atoms with van der Waals surface area (Å²) in [4.78, 5) is 4.75. The van der Waals surface area contributed by atoms with Gasteiger partial charge in [0.2, 0.25) is 0 Å².